The first-order chi connectivity index (χ1) is 9.41. The Labute approximate surface area is 113 Å². The summed E-state index contributed by atoms with van der Waals surface area (Å²) in [5.74, 6) is -0.183. The highest BCUT2D eigenvalue weighted by molar-refractivity contribution is 6.07. The van der Waals surface area contributed by atoms with Gasteiger partial charge < -0.3 is 9.15 Å². The largest absolute Gasteiger partial charge is 0.455 e. The number of benzene rings is 1. The van der Waals surface area contributed by atoms with Crippen LogP contribution in [0.25, 0.3) is 0 Å². The molecule has 0 atom stereocenters. The molecule has 1 heterocycles. The van der Waals surface area contributed by atoms with Gasteiger partial charge in [-0.25, -0.2) is 0 Å². The van der Waals surface area contributed by atoms with Crippen LogP contribution in [0.1, 0.15) is 27.4 Å². The number of ketones is 1. The molecule has 2 aromatic rings. The van der Waals surface area contributed by atoms with Crippen molar-refractivity contribution in [2.24, 2.45) is 0 Å². The van der Waals surface area contributed by atoms with Crippen molar-refractivity contribution >= 4 is 5.78 Å². The van der Waals surface area contributed by atoms with Crippen LogP contribution in [0.3, 0.4) is 0 Å². The topological polar surface area (TPSA) is 39.4 Å². The van der Waals surface area contributed by atoms with E-state index in [1.807, 2.05) is 0 Å². The minimum atomic E-state index is -4.49. The molecular formula is C14H11F3O3. The van der Waals surface area contributed by atoms with E-state index in [1.54, 1.807) is 6.07 Å². The zero-order chi connectivity index (χ0) is 14.8. The molecule has 6 heteroatoms. The smallest absolute Gasteiger partial charge is 0.416 e. The molecule has 0 aliphatic heterocycles. The molecule has 0 unspecified atom stereocenters. The van der Waals surface area contributed by atoms with Crippen LogP contribution in [-0.4, -0.2) is 12.9 Å². The number of carbonyl (C=O) groups excluding carboxylic acids is 1. The van der Waals surface area contributed by atoms with Gasteiger partial charge in [0.1, 0.15) is 12.4 Å². The second kappa shape index (κ2) is 5.50. The van der Waals surface area contributed by atoms with E-state index >= 15 is 0 Å². The maximum absolute atomic E-state index is 12.6. The first-order valence-electron chi connectivity index (χ1n) is 5.71. The van der Waals surface area contributed by atoms with E-state index in [-0.39, 0.29) is 17.9 Å². The maximum atomic E-state index is 12.6. The fourth-order valence-electron chi connectivity index (χ4n) is 1.70. The van der Waals surface area contributed by atoms with Crippen molar-refractivity contribution in [2.75, 3.05) is 7.11 Å². The average Bonchev–Trinajstić information content (AvgIpc) is 2.86. The highest BCUT2D eigenvalue weighted by atomic mass is 19.4. The van der Waals surface area contributed by atoms with Gasteiger partial charge in [0.2, 0.25) is 5.78 Å². The summed E-state index contributed by atoms with van der Waals surface area (Å²) in [7, 11) is 1.47. The maximum Gasteiger partial charge on any atom is 0.416 e. The molecule has 0 radical (unpaired) electrons. The molecule has 0 aliphatic carbocycles. The summed E-state index contributed by atoms with van der Waals surface area (Å²) in [6, 6.07) is 7.18. The van der Waals surface area contributed by atoms with Gasteiger partial charge in [-0.1, -0.05) is 12.1 Å². The van der Waals surface area contributed by atoms with E-state index < -0.39 is 17.5 Å². The molecule has 2 rings (SSSR count). The highest BCUT2D eigenvalue weighted by Crippen LogP contribution is 2.30. The Morgan fingerprint density at radius 3 is 2.65 bits per heavy atom. The summed E-state index contributed by atoms with van der Waals surface area (Å²) in [6.45, 7) is 0.190. The van der Waals surface area contributed by atoms with Crippen LogP contribution in [0, 0.1) is 0 Å². The van der Waals surface area contributed by atoms with Crippen molar-refractivity contribution in [2.45, 2.75) is 12.8 Å². The van der Waals surface area contributed by atoms with Gasteiger partial charge >= 0.3 is 6.18 Å². The van der Waals surface area contributed by atoms with Crippen LogP contribution in [0.5, 0.6) is 0 Å². The number of ether oxygens (including phenoxy) is 1. The number of carbonyl (C=O) groups is 1. The lowest BCUT2D eigenvalue weighted by molar-refractivity contribution is -0.137. The number of rotatable bonds is 4. The van der Waals surface area contributed by atoms with Crippen LogP contribution in [0.2, 0.25) is 0 Å². The zero-order valence-electron chi connectivity index (χ0n) is 10.5. The monoisotopic (exact) mass is 284 g/mol. The Hall–Kier alpha value is -2.08. The fourth-order valence-corrected chi connectivity index (χ4v) is 1.70. The number of furan rings is 1. The Bertz CT molecular complexity index is 614. The molecule has 0 bridgehead atoms. The predicted molar refractivity (Wildman–Crippen MR) is 64.3 cm³/mol. The van der Waals surface area contributed by atoms with Gasteiger partial charge in [-0.3, -0.25) is 4.79 Å². The van der Waals surface area contributed by atoms with Crippen molar-refractivity contribution in [1.82, 2.24) is 0 Å². The number of hydrogen-bond acceptors (Lipinski definition) is 3. The third kappa shape index (κ3) is 3.08. The van der Waals surface area contributed by atoms with Crippen LogP contribution in [-0.2, 0) is 17.5 Å². The lowest BCUT2D eigenvalue weighted by Crippen LogP contribution is -2.07. The SMILES string of the molecule is COCc1ccc(C(=O)c2cccc(C(F)(F)F)c2)o1. The summed E-state index contributed by atoms with van der Waals surface area (Å²) in [4.78, 5) is 12.0. The molecule has 0 amide bonds. The summed E-state index contributed by atoms with van der Waals surface area (Å²) < 4.78 is 47.8. The zero-order valence-corrected chi connectivity index (χ0v) is 10.5. The molecular weight excluding hydrogens is 273 g/mol. The average molecular weight is 284 g/mol. The number of halogens is 3. The summed E-state index contributed by atoms with van der Waals surface area (Å²) in [5, 5.41) is 0. The van der Waals surface area contributed by atoms with Gasteiger partial charge in [-0.2, -0.15) is 13.2 Å². The predicted octanol–water partition coefficient (Wildman–Crippen LogP) is 3.68. The van der Waals surface area contributed by atoms with Crippen LogP contribution in [0.4, 0.5) is 13.2 Å². The van der Waals surface area contributed by atoms with Gasteiger partial charge in [0.25, 0.3) is 0 Å². The van der Waals surface area contributed by atoms with E-state index in [9.17, 15) is 18.0 Å². The summed E-state index contributed by atoms with van der Waals surface area (Å²) in [6.07, 6.45) is -4.49. The third-order valence-electron chi connectivity index (χ3n) is 2.62. The van der Waals surface area contributed by atoms with E-state index in [0.717, 1.165) is 12.1 Å². The molecule has 3 nitrogen and oxygen atoms in total. The third-order valence-corrected chi connectivity index (χ3v) is 2.62. The van der Waals surface area contributed by atoms with Gasteiger partial charge in [0, 0.05) is 12.7 Å². The Kier molecular flexibility index (Phi) is 3.94. The fraction of sp³-hybridized carbons (Fsp3) is 0.214. The molecule has 0 saturated carbocycles. The molecule has 0 fully saturated rings. The second-order valence-corrected chi connectivity index (χ2v) is 4.11. The molecule has 20 heavy (non-hydrogen) atoms. The van der Waals surface area contributed by atoms with Crippen molar-refractivity contribution in [1.29, 1.82) is 0 Å². The normalized spacial score (nSPS) is 11.6. The lowest BCUT2D eigenvalue weighted by Gasteiger charge is -2.07. The standard InChI is InChI=1S/C14H11F3O3/c1-19-8-11-5-6-12(20-11)13(18)9-3-2-4-10(7-9)14(15,16)17/h2-7H,8H2,1H3. The summed E-state index contributed by atoms with van der Waals surface area (Å²) in [5.41, 5.74) is -0.940. The first-order valence-corrected chi connectivity index (χ1v) is 5.71. The van der Waals surface area contributed by atoms with Crippen LogP contribution >= 0.6 is 0 Å². The van der Waals surface area contributed by atoms with Crippen molar-refractivity contribution in [3.05, 3.63) is 59.0 Å². The number of hydrogen-bond donors (Lipinski definition) is 0. The highest BCUT2D eigenvalue weighted by Gasteiger charge is 2.31. The van der Waals surface area contributed by atoms with Gasteiger partial charge in [-0.05, 0) is 24.3 Å². The van der Waals surface area contributed by atoms with Crippen molar-refractivity contribution < 1.29 is 27.1 Å². The van der Waals surface area contributed by atoms with E-state index in [1.165, 1.54) is 25.3 Å². The Morgan fingerprint density at radius 2 is 2.00 bits per heavy atom. The quantitative estimate of drug-likeness (QED) is 0.804. The van der Waals surface area contributed by atoms with Crippen molar-refractivity contribution in [3.63, 3.8) is 0 Å². The van der Waals surface area contributed by atoms with E-state index in [2.05, 4.69) is 0 Å². The second-order valence-electron chi connectivity index (χ2n) is 4.11. The molecule has 0 spiro atoms. The molecule has 106 valence electrons. The molecule has 0 N–H and O–H groups in total. The minimum Gasteiger partial charge on any atom is -0.455 e. The molecule has 0 saturated heterocycles. The lowest BCUT2D eigenvalue weighted by atomic mass is 10.1. The van der Waals surface area contributed by atoms with Gasteiger partial charge in [0.15, 0.2) is 5.76 Å². The van der Waals surface area contributed by atoms with E-state index in [0.29, 0.717) is 5.76 Å². The van der Waals surface area contributed by atoms with Crippen LogP contribution < -0.4 is 0 Å². The first kappa shape index (κ1) is 14.3. The number of alkyl halides is 3. The van der Waals surface area contributed by atoms with Gasteiger partial charge in [0.05, 0.1) is 5.56 Å². The number of methoxy groups -OCH3 is 1. The Balaban J connectivity index is 2.28. The minimum absolute atomic E-state index is 0.0172. The molecule has 0 aliphatic rings. The summed E-state index contributed by atoms with van der Waals surface area (Å²) >= 11 is 0. The molecule has 1 aromatic heterocycles. The molecule has 1 aromatic carbocycles. The van der Waals surface area contributed by atoms with Crippen molar-refractivity contribution in [3.8, 4) is 0 Å². The van der Waals surface area contributed by atoms with Gasteiger partial charge in [-0.15, -0.1) is 0 Å². The Morgan fingerprint density at radius 1 is 1.25 bits per heavy atom. The van der Waals surface area contributed by atoms with Crippen LogP contribution in [0.15, 0.2) is 40.8 Å². The van der Waals surface area contributed by atoms with E-state index in [4.69, 9.17) is 9.15 Å².